The van der Waals surface area contributed by atoms with Gasteiger partial charge in [-0.05, 0) is 31.9 Å². The maximum atomic E-state index is 12.0. The topological polar surface area (TPSA) is 45.2 Å². The second kappa shape index (κ2) is 4.96. The Morgan fingerprint density at radius 1 is 1.44 bits per heavy atom. The molecule has 4 heteroatoms. The zero-order chi connectivity index (χ0) is 11.4. The van der Waals surface area contributed by atoms with Crippen molar-refractivity contribution in [3.8, 4) is 0 Å². The molecule has 0 radical (unpaired) electrons. The van der Waals surface area contributed by atoms with Gasteiger partial charge < -0.3 is 10.2 Å². The number of hydrogen-bond donors (Lipinski definition) is 1. The van der Waals surface area contributed by atoms with Crippen LogP contribution in [-0.2, 0) is 0 Å². The van der Waals surface area contributed by atoms with Crippen molar-refractivity contribution in [3.63, 3.8) is 0 Å². The van der Waals surface area contributed by atoms with Gasteiger partial charge in [0.2, 0.25) is 0 Å². The summed E-state index contributed by atoms with van der Waals surface area (Å²) in [5.41, 5.74) is 1.50. The van der Waals surface area contributed by atoms with Crippen LogP contribution in [0.3, 0.4) is 0 Å². The van der Waals surface area contributed by atoms with Crippen LogP contribution in [0, 0.1) is 0 Å². The lowest BCUT2D eigenvalue weighted by Crippen LogP contribution is -2.28. The lowest BCUT2D eigenvalue weighted by molar-refractivity contribution is 0.0787. The standard InChI is InChI=1S/C12H17N3O/c1-2-13-10-5-6-11(14-9-10)12(16)15-7-3-4-8-15/h5-6,9,13H,2-4,7-8H2,1H3. The summed E-state index contributed by atoms with van der Waals surface area (Å²) in [4.78, 5) is 18.0. The Bertz CT molecular complexity index is 355. The number of amides is 1. The molecule has 2 heterocycles. The summed E-state index contributed by atoms with van der Waals surface area (Å²) in [6, 6.07) is 3.69. The van der Waals surface area contributed by atoms with E-state index < -0.39 is 0 Å². The third-order valence-corrected chi connectivity index (χ3v) is 2.76. The van der Waals surface area contributed by atoms with Crippen LogP contribution in [0.4, 0.5) is 5.69 Å². The summed E-state index contributed by atoms with van der Waals surface area (Å²) < 4.78 is 0. The van der Waals surface area contributed by atoms with E-state index in [1.165, 1.54) is 0 Å². The molecule has 0 spiro atoms. The van der Waals surface area contributed by atoms with Crippen molar-refractivity contribution in [1.82, 2.24) is 9.88 Å². The van der Waals surface area contributed by atoms with Gasteiger partial charge in [-0.15, -0.1) is 0 Å². The fourth-order valence-corrected chi connectivity index (χ4v) is 1.91. The van der Waals surface area contributed by atoms with Crippen molar-refractivity contribution >= 4 is 11.6 Å². The van der Waals surface area contributed by atoms with Crippen molar-refractivity contribution in [2.24, 2.45) is 0 Å². The highest BCUT2D eigenvalue weighted by atomic mass is 16.2. The Labute approximate surface area is 95.7 Å². The summed E-state index contributed by atoms with van der Waals surface area (Å²) in [5, 5.41) is 3.16. The molecule has 2 rings (SSSR count). The number of hydrogen-bond acceptors (Lipinski definition) is 3. The van der Waals surface area contributed by atoms with Crippen LogP contribution in [0.2, 0.25) is 0 Å². The Morgan fingerprint density at radius 3 is 2.75 bits per heavy atom. The van der Waals surface area contributed by atoms with Gasteiger partial charge in [0, 0.05) is 19.6 Å². The van der Waals surface area contributed by atoms with Crippen molar-refractivity contribution < 1.29 is 4.79 Å². The monoisotopic (exact) mass is 219 g/mol. The number of nitrogens with zero attached hydrogens (tertiary/aromatic N) is 2. The number of anilines is 1. The average Bonchev–Trinajstić information content (AvgIpc) is 2.83. The Kier molecular flexibility index (Phi) is 3.39. The average molecular weight is 219 g/mol. The number of likely N-dealkylation sites (tertiary alicyclic amines) is 1. The maximum Gasteiger partial charge on any atom is 0.272 e. The molecule has 0 bridgehead atoms. The number of aromatic nitrogens is 1. The molecule has 1 aliphatic rings. The van der Waals surface area contributed by atoms with Gasteiger partial charge in [-0.25, -0.2) is 4.98 Å². The molecule has 1 aliphatic heterocycles. The molecule has 4 nitrogen and oxygen atoms in total. The van der Waals surface area contributed by atoms with E-state index in [2.05, 4.69) is 10.3 Å². The first-order chi connectivity index (χ1) is 7.81. The summed E-state index contributed by atoms with van der Waals surface area (Å²) >= 11 is 0. The molecule has 0 aliphatic carbocycles. The lowest BCUT2D eigenvalue weighted by Gasteiger charge is -2.14. The van der Waals surface area contributed by atoms with Gasteiger partial charge in [-0.3, -0.25) is 4.79 Å². The second-order valence-electron chi connectivity index (χ2n) is 3.96. The van der Waals surface area contributed by atoms with Crippen LogP contribution in [0.1, 0.15) is 30.3 Å². The zero-order valence-corrected chi connectivity index (χ0v) is 9.57. The fraction of sp³-hybridized carbons (Fsp3) is 0.500. The molecule has 16 heavy (non-hydrogen) atoms. The summed E-state index contributed by atoms with van der Waals surface area (Å²) in [5.74, 6) is 0.0561. The Hall–Kier alpha value is -1.58. The van der Waals surface area contributed by atoms with Gasteiger partial charge in [-0.2, -0.15) is 0 Å². The van der Waals surface area contributed by atoms with E-state index in [1.807, 2.05) is 17.9 Å². The largest absolute Gasteiger partial charge is 0.384 e. The van der Waals surface area contributed by atoms with Gasteiger partial charge in [0.05, 0.1) is 11.9 Å². The van der Waals surface area contributed by atoms with Crippen LogP contribution in [0.25, 0.3) is 0 Å². The summed E-state index contributed by atoms with van der Waals surface area (Å²) in [6.45, 7) is 4.63. The van der Waals surface area contributed by atoms with Crippen molar-refractivity contribution in [1.29, 1.82) is 0 Å². The van der Waals surface area contributed by atoms with Crippen LogP contribution < -0.4 is 5.32 Å². The number of nitrogens with one attached hydrogen (secondary N) is 1. The summed E-state index contributed by atoms with van der Waals surface area (Å²) in [7, 11) is 0. The predicted octanol–water partition coefficient (Wildman–Crippen LogP) is 1.75. The Balaban J connectivity index is 2.05. The van der Waals surface area contributed by atoms with E-state index in [4.69, 9.17) is 0 Å². The second-order valence-corrected chi connectivity index (χ2v) is 3.96. The SMILES string of the molecule is CCNc1ccc(C(=O)N2CCCC2)nc1. The lowest BCUT2D eigenvalue weighted by atomic mass is 10.3. The highest BCUT2D eigenvalue weighted by Gasteiger charge is 2.20. The van der Waals surface area contributed by atoms with Gasteiger partial charge >= 0.3 is 0 Å². The smallest absolute Gasteiger partial charge is 0.272 e. The highest BCUT2D eigenvalue weighted by molar-refractivity contribution is 5.92. The van der Waals surface area contributed by atoms with Gasteiger partial charge in [0.15, 0.2) is 0 Å². The molecule has 1 saturated heterocycles. The number of pyridine rings is 1. The molecule has 86 valence electrons. The Morgan fingerprint density at radius 2 is 2.19 bits per heavy atom. The minimum atomic E-state index is 0.0561. The van der Waals surface area contributed by atoms with Gasteiger partial charge in [0.1, 0.15) is 5.69 Å². The number of rotatable bonds is 3. The molecule has 1 amide bonds. The van der Waals surface area contributed by atoms with E-state index in [0.29, 0.717) is 5.69 Å². The minimum absolute atomic E-state index is 0.0561. The van der Waals surface area contributed by atoms with Gasteiger partial charge in [0.25, 0.3) is 5.91 Å². The summed E-state index contributed by atoms with van der Waals surface area (Å²) in [6.07, 6.45) is 3.94. The molecule has 1 fully saturated rings. The first-order valence-electron chi connectivity index (χ1n) is 5.80. The zero-order valence-electron chi connectivity index (χ0n) is 9.57. The van der Waals surface area contributed by atoms with E-state index >= 15 is 0 Å². The first kappa shape index (κ1) is 10.9. The normalized spacial score (nSPS) is 15.2. The minimum Gasteiger partial charge on any atom is -0.384 e. The van der Waals surface area contributed by atoms with Crippen LogP contribution >= 0.6 is 0 Å². The van der Waals surface area contributed by atoms with Gasteiger partial charge in [-0.1, -0.05) is 0 Å². The first-order valence-corrected chi connectivity index (χ1v) is 5.80. The van der Waals surface area contributed by atoms with Crippen molar-refractivity contribution in [2.75, 3.05) is 25.0 Å². The molecular weight excluding hydrogens is 202 g/mol. The molecule has 0 unspecified atom stereocenters. The maximum absolute atomic E-state index is 12.0. The highest BCUT2D eigenvalue weighted by Crippen LogP contribution is 2.13. The molecule has 1 aromatic rings. The predicted molar refractivity (Wildman–Crippen MR) is 63.5 cm³/mol. The number of carbonyl (C=O) groups excluding carboxylic acids is 1. The molecule has 0 aromatic carbocycles. The third kappa shape index (κ3) is 2.32. The van der Waals surface area contributed by atoms with E-state index in [1.54, 1.807) is 12.3 Å². The van der Waals surface area contributed by atoms with E-state index in [9.17, 15) is 4.79 Å². The van der Waals surface area contributed by atoms with E-state index in [0.717, 1.165) is 38.2 Å². The third-order valence-electron chi connectivity index (χ3n) is 2.76. The fourth-order valence-electron chi connectivity index (χ4n) is 1.91. The molecule has 1 aromatic heterocycles. The van der Waals surface area contributed by atoms with Crippen LogP contribution in [0.5, 0.6) is 0 Å². The quantitative estimate of drug-likeness (QED) is 0.842. The van der Waals surface area contributed by atoms with Crippen LogP contribution in [-0.4, -0.2) is 35.4 Å². The molecule has 0 saturated carbocycles. The number of carbonyl (C=O) groups is 1. The van der Waals surface area contributed by atoms with E-state index in [-0.39, 0.29) is 5.91 Å². The molecule has 0 atom stereocenters. The van der Waals surface area contributed by atoms with Crippen LogP contribution in [0.15, 0.2) is 18.3 Å². The molecular formula is C12H17N3O. The molecule has 1 N–H and O–H groups in total. The van der Waals surface area contributed by atoms with Crippen molar-refractivity contribution in [3.05, 3.63) is 24.0 Å². The van der Waals surface area contributed by atoms with Crippen molar-refractivity contribution in [2.45, 2.75) is 19.8 Å².